The highest BCUT2D eigenvalue weighted by molar-refractivity contribution is 5.46. The van der Waals surface area contributed by atoms with Gasteiger partial charge in [-0.1, -0.05) is 48.5 Å². The second kappa shape index (κ2) is 13.9. The minimum atomic E-state index is -0.551. The van der Waals surface area contributed by atoms with Crippen molar-refractivity contribution < 1.29 is 14.6 Å². The highest BCUT2D eigenvalue weighted by Gasteiger charge is 2.16. The minimum Gasteiger partial charge on any atom is -0.492 e. The predicted octanol–water partition coefficient (Wildman–Crippen LogP) is 3.85. The lowest BCUT2D eigenvalue weighted by Crippen LogP contribution is -2.47. The molecule has 2 N–H and O–H groups in total. The molecule has 2 atom stereocenters. The van der Waals surface area contributed by atoms with Gasteiger partial charge in [-0.25, -0.2) is 0 Å². The van der Waals surface area contributed by atoms with E-state index in [4.69, 9.17) is 9.47 Å². The molecule has 0 amide bonds. The predicted molar refractivity (Wildman–Crippen MR) is 146 cm³/mol. The summed E-state index contributed by atoms with van der Waals surface area (Å²) in [5.41, 5.74) is 2.56. The molecule has 0 spiro atoms. The highest BCUT2D eigenvalue weighted by Crippen LogP contribution is 2.16. The molecule has 1 heterocycles. The zero-order chi connectivity index (χ0) is 25.0. The Balaban J connectivity index is 1.09. The molecule has 0 radical (unpaired) electrons. The number of nitrogens with zero attached hydrogens (tertiary/aromatic N) is 2. The van der Waals surface area contributed by atoms with Gasteiger partial charge in [0.05, 0.1) is 0 Å². The summed E-state index contributed by atoms with van der Waals surface area (Å²) in [7, 11) is 0. The van der Waals surface area contributed by atoms with Crippen molar-refractivity contribution in [3.8, 4) is 11.5 Å². The third-order valence-electron chi connectivity index (χ3n) is 6.52. The molecule has 0 aliphatic carbocycles. The summed E-state index contributed by atoms with van der Waals surface area (Å²) in [6.45, 7) is 8.79. The summed E-state index contributed by atoms with van der Waals surface area (Å²) < 4.78 is 11.6. The van der Waals surface area contributed by atoms with E-state index in [0.29, 0.717) is 13.2 Å². The largest absolute Gasteiger partial charge is 0.492 e. The molecular formula is C30H39N3O3. The molecule has 0 aromatic heterocycles. The van der Waals surface area contributed by atoms with E-state index in [1.165, 1.54) is 11.3 Å². The lowest BCUT2D eigenvalue weighted by molar-refractivity contribution is 0.104. The van der Waals surface area contributed by atoms with E-state index in [1.807, 2.05) is 30.3 Å². The monoisotopic (exact) mass is 489 g/mol. The molecule has 3 aromatic carbocycles. The molecule has 1 aliphatic heterocycles. The van der Waals surface area contributed by atoms with Gasteiger partial charge in [-0.15, -0.1) is 0 Å². The normalized spacial score (nSPS) is 15.9. The van der Waals surface area contributed by atoms with E-state index in [1.54, 1.807) is 0 Å². The molecule has 1 fully saturated rings. The van der Waals surface area contributed by atoms with Crippen molar-refractivity contribution in [2.75, 3.05) is 57.4 Å². The fourth-order valence-corrected chi connectivity index (χ4v) is 4.41. The van der Waals surface area contributed by atoms with Crippen LogP contribution in [0.2, 0.25) is 0 Å². The number of piperazine rings is 1. The topological polar surface area (TPSA) is 57.2 Å². The van der Waals surface area contributed by atoms with Gasteiger partial charge in [-0.05, 0) is 55.3 Å². The Hall–Kier alpha value is -3.06. The maximum absolute atomic E-state index is 10.2. The third kappa shape index (κ3) is 8.55. The van der Waals surface area contributed by atoms with Crippen LogP contribution in [-0.2, 0) is 6.42 Å². The SMILES string of the molecule is C[C@H](Cc1ccc(OCCN2CCN(c3ccccc3)CC2)cc1)NCC(O)COc1ccccc1. The number of benzene rings is 3. The molecule has 0 saturated carbocycles. The lowest BCUT2D eigenvalue weighted by atomic mass is 10.1. The first-order valence-corrected chi connectivity index (χ1v) is 13.0. The van der Waals surface area contributed by atoms with E-state index in [9.17, 15) is 5.11 Å². The molecule has 36 heavy (non-hydrogen) atoms. The number of hydrogen-bond acceptors (Lipinski definition) is 6. The average Bonchev–Trinajstić information content (AvgIpc) is 2.93. The molecule has 1 unspecified atom stereocenters. The van der Waals surface area contributed by atoms with E-state index < -0.39 is 6.10 Å². The van der Waals surface area contributed by atoms with Crippen LogP contribution in [0.3, 0.4) is 0 Å². The molecule has 1 aliphatic rings. The number of hydrogen-bond donors (Lipinski definition) is 2. The van der Waals surface area contributed by atoms with Crippen molar-refractivity contribution in [2.24, 2.45) is 0 Å². The molecule has 6 heteroatoms. The number of rotatable bonds is 13. The lowest BCUT2D eigenvalue weighted by Gasteiger charge is -2.36. The van der Waals surface area contributed by atoms with Gasteiger partial charge in [-0.3, -0.25) is 4.90 Å². The Morgan fingerprint density at radius 3 is 2.14 bits per heavy atom. The summed E-state index contributed by atoms with van der Waals surface area (Å²) in [4.78, 5) is 4.92. The van der Waals surface area contributed by atoms with Crippen LogP contribution in [-0.4, -0.2) is 74.6 Å². The van der Waals surface area contributed by atoms with Crippen molar-refractivity contribution in [1.29, 1.82) is 0 Å². The smallest absolute Gasteiger partial charge is 0.119 e. The zero-order valence-electron chi connectivity index (χ0n) is 21.3. The second-order valence-corrected chi connectivity index (χ2v) is 9.45. The Kier molecular flexibility index (Phi) is 10.0. The maximum Gasteiger partial charge on any atom is 0.119 e. The third-order valence-corrected chi connectivity index (χ3v) is 6.52. The van der Waals surface area contributed by atoms with Crippen LogP contribution in [0.4, 0.5) is 5.69 Å². The molecule has 4 rings (SSSR count). The van der Waals surface area contributed by atoms with Gasteiger partial charge in [0, 0.05) is 51.0 Å². The summed E-state index contributed by atoms with van der Waals surface area (Å²) in [6.07, 6.45) is 0.336. The van der Waals surface area contributed by atoms with Crippen LogP contribution >= 0.6 is 0 Å². The van der Waals surface area contributed by atoms with Gasteiger partial charge in [0.1, 0.15) is 30.8 Å². The quantitative estimate of drug-likeness (QED) is 0.380. The summed E-state index contributed by atoms with van der Waals surface area (Å²) in [5.74, 6) is 1.69. The van der Waals surface area contributed by atoms with Crippen molar-refractivity contribution >= 4 is 5.69 Å². The van der Waals surface area contributed by atoms with Crippen molar-refractivity contribution in [3.05, 3.63) is 90.5 Å². The summed E-state index contributed by atoms with van der Waals surface area (Å²) in [5, 5.41) is 13.6. The molecular weight excluding hydrogens is 450 g/mol. The Morgan fingerprint density at radius 1 is 0.806 bits per heavy atom. The maximum atomic E-state index is 10.2. The first kappa shape index (κ1) is 26.0. The fourth-order valence-electron chi connectivity index (χ4n) is 4.41. The van der Waals surface area contributed by atoms with Crippen LogP contribution in [0.25, 0.3) is 0 Å². The highest BCUT2D eigenvalue weighted by atomic mass is 16.5. The fraction of sp³-hybridized carbons (Fsp3) is 0.400. The number of anilines is 1. The average molecular weight is 490 g/mol. The van der Waals surface area contributed by atoms with E-state index in [-0.39, 0.29) is 12.6 Å². The van der Waals surface area contributed by atoms with Crippen LogP contribution in [0, 0.1) is 0 Å². The van der Waals surface area contributed by atoms with Crippen molar-refractivity contribution in [3.63, 3.8) is 0 Å². The van der Waals surface area contributed by atoms with Crippen LogP contribution in [0.15, 0.2) is 84.9 Å². The Bertz CT molecular complexity index is 993. The molecule has 0 bridgehead atoms. The van der Waals surface area contributed by atoms with Gasteiger partial charge in [0.2, 0.25) is 0 Å². The van der Waals surface area contributed by atoms with E-state index in [2.05, 4.69) is 76.6 Å². The first-order chi connectivity index (χ1) is 17.7. The van der Waals surface area contributed by atoms with Crippen molar-refractivity contribution in [2.45, 2.75) is 25.5 Å². The molecule has 3 aromatic rings. The van der Waals surface area contributed by atoms with Gasteiger partial charge < -0.3 is 24.8 Å². The van der Waals surface area contributed by atoms with Gasteiger partial charge in [-0.2, -0.15) is 0 Å². The zero-order valence-corrected chi connectivity index (χ0v) is 21.3. The van der Waals surface area contributed by atoms with Gasteiger partial charge in [0.25, 0.3) is 0 Å². The summed E-state index contributed by atoms with van der Waals surface area (Å²) >= 11 is 0. The van der Waals surface area contributed by atoms with Crippen LogP contribution in [0.1, 0.15) is 12.5 Å². The number of ether oxygens (including phenoxy) is 2. The first-order valence-electron chi connectivity index (χ1n) is 13.0. The van der Waals surface area contributed by atoms with E-state index >= 15 is 0 Å². The van der Waals surface area contributed by atoms with Crippen LogP contribution in [0.5, 0.6) is 11.5 Å². The number of aliphatic hydroxyl groups is 1. The number of para-hydroxylation sites is 2. The van der Waals surface area contributed by atoms with Gasteiger partial charge >= 0.3 is 0 Å². The Morgan fingerprint density at radius 2 is 1.44 bits per heavy atom. The second-order valence-electron chi connectivity index (χ2n) is 9.45. The van der Waals surface area contributed by atoms with Crippen LogP contribution < -0.4 is 19.7 Å². The number of aliphatic hydroxyl groups excluding tert-OH is 1. The summed E-state index contributed by atoms with van der Waals surface area (Å²) in [6, 6.07) is 28.8. The minimum absolute atomic E-state index is 0.248. The van der Waals surface area contributed by atoms with E-state index in [0.717, 1.165) is 50.6 Å². The standard InChI is InChI=1S/C30H39N3O3/c1-25(31-23-28(34)24-36-29-10-6-3-7-11-29)22-26-12-14-30(15-13-26)35-21-20-32-16-18-33(19-17-32)27-8-4-2-5-9-27/h2-15,25,28,31,34H,16-24H2,1H3/t25-,28?/m1/s1. The molecule has 1 saturated heterocycles. The van der Waals surface area contributed by atoms with Crippen molar-refractivity contribution in [1.82, 2.24) is 10.2 Å². The number of nitrogens with one attached hydrogen (secondary N) is 1. The van der Waals surface area contributed by atoms with Gasteiger partial charge in [0.15, 0.2) is 0 Å². The molecule has 6 nitrogen and oxygen atoms in total. The Labute approximate surface area is 215 Å². The molecule has 192 valence electrons.